The lowest BCUT2D eigenvalue weighted by Crippen LogP contribution is -2.30. The van der Waals surface area contributed by atoms with Crippen molar-refractivity contribution in [2.45, 2.75) is 232 Å². The highest BCUT2D eigenvalue weighted by Gasteiger charge is 2.19. The third kappa shape index (κ3) is 45.8. The van der Waals surface area contributed by atoms with Gasteiger partial charge in [-0.1, -0.05) is 177 Å². The van der Waals surface area contributed by atoms with Crippen molar-refractivity contribution in [1.29, 1.82) is 0 Å². The van der Waals surface area contributed by atoms with Gasteiger partial charge in [0.15, 0.2) is 6.10 Å². The second kappa shape index (κ2) is 47.5. The molecule has 0 fully saturated rings. The van der Waals surface area contributed by atoms with Crippen LogP contribution < -0.4 is 0 Å². The van der Waals surface area contributed by atoms with Crippen LogP contribution in [0.15, 0.2) is 72.9 Å². The predicted octanol–water partition coefficient (Wildman–Crippen LogP) is 15.9. The van der Waals surface area contributed by atoms with Gasteiger partial charge in [-0.25, -0.2) is 0 Å². The van der Waals surface area contributed by atoms with E-state index < -0.39 is 6.10 Å². The summed E-state index contributed by atoms with van der Waals surface area (Å²) in [6.07, 6.45) is 58.8. The number of carbonyl (C=O) groups is 3. The molecular formula is C53H90O6. The first-order valence-corrected chi connectivity index (χ1v) is 24.4. The Bertz CT molecular complexity index is 1130. The first kappa shape index (κ1) is 55.9. The van der Waals surface area contributed by atoms with E-state index in [-0.39, 0.29) is 31.1 Å². The summed E-state index contributed by atoms with van der Waals surface area (Å²) in [7, 11) is 0. The van der Waals surface area contributed by atoms with Crippen molar-refractivity contribution in [3.8, 4) is 0 Å². The molecule has 0 aliphatic carbocycles. The Hall–Kier alpha value is -3.15. The summed E-state index contributed by atoms with van der Waals surface area (Å²) in [5.74, 6) is -0.934. The SMILES string of the molecule is CC/C=C\C/C=C\C/C=C\CCCCCCCC(=O)OCC(COC(=O)CCCCCCC/C=C\CCCCC)OC(=O)CCCCCCC/C=C\C/C=C\CCCC. The van der Waals surface area contributed by atoms with Gasteiger partial charge in [-0.15, -0.1) is 0 Å². The zero-order valence-corrected chi connectivity index (χ0v) is 38.5. The van der Waals surface area contributed by atoms with Crippen LogP contribution >= 0.6 is 0 Å². The molecule has 0 N–H and O–H groups in total. The molecule has 338 valence electrons. The average Bonchev–Trinajstić information content (AvgIpc) is 3.23. The lowest BCUT2D eigenvalue weighted by Gasteiger charge is -2.18. The summed E-state index contributed by atoms with van der Waals surface area (Å²) in [6, 6.07) is 0. The van der Waals surface area contributed by atoms with E-state index in [1.54, 1.807) is 0 Å². The highest BCUT2D eigenvalue weighted by molar-refractivity contribution is 5.71. The number of hydrogen-bond acceptors (Lipinski definition) is 6. The molecule has 0 spiro atoms. The second-order valence-corrected chi connectivity index (χ2v) is 16.0. The van der Waals surface area contributed by atoms with Crippen LogP contribution in [-0.2, 0) is 28.6 Å². The highest BCUT2D eigenvalue weighted by atomic mass is 16.6. The topological polar surface area (TPSA) is 78.9 Å². The third-order valence-electron chi connectivity index (χ3n) is 10.2. The van der Waals surface area contributed by atoms with Gasteiger partial charge in [-0.05, 0) is 103 Å². The minimum absolute atomic E-state index is 0.0917. The standard InChI is InChI=1S/C53H90O6/c1-4-7-10-13-16-19-22-25-27-29-31-34-37-40-43-46-52(55)58-49-50(48-57-51(54)45-42-39-36-33-30-24-21-18-15-12-9-6-3)59-53(56)47-44-41-38-35-32-28-26-23-20-17-14-11-8-5-2/h7,10,14,16-19,21,23,25-27,50H,4-6,8-9,11-13,15,20,22,24,28-49H2,1-3H3/b10-7-,17-14-,19-16-,21-18-,26-23-,27-25-. The van der Waals surface area contributed by atoms with E-state index in [2.05, 4.69) is 93.7 Å². The number of allylic oxidation sites excluding steroid dienone is 12. The zero-order chi connectivity index (χ0) is 43.0. The summed E-state index contributed by atoms with van der Waals surface area (Å²) >= 11 is 0. The van der Waals surface area contributed by atoms with Crippen molar-refractivity contribution in [1.82, 2.24) is 0 Å². The van der Waals surface area contributed by atoms with Crippen molar-refractivity contribution in [2.24, 2.45) is 0 Å². The molecule has 1 atom stereocenters. The van der Waals surface area contributed by atoms with E-state index in [0.29, 0.717) is 19.3 Å². The Kier molecular flexibility index (Phi) is 45.0. The van der Waals surface area contributed by atoms with E-state index in [1.807, 2.05) is 0 Å². The van der Waals surface area contributed by atoms with Crippen LogP contribution in [0.4, 0.5) is 0 Å². The van der Waals surface area contributed by atoms with E-state index in [9.17, 15) is 14.4 Å². The number of ether oxygens (including phenoxy) is 3. The Morgan fingerprint density at radius 3 is 1.10 bits per heavy atom. The van der Waals surface area contributed by atoms with Gasteiger partial charge in [0.2, 0.25) is 0 Å². The summed E-state index contributed by atoms with van der Waals surface area (Å²) in [4.78, 5) is 37.9. The fraction of sp³-hybridized carbons (Fsp3) is 0.717. The van der Waals surface area contributed by atoms with Crippen LogP contribution in [-0.4, -0.2) is 37.2 Å². The Morgan fingerprint density at radius 2 is 0.678 bits per heavy atom. The fourth-order valence-corrected chi connectivity index (χ4v) is 6.47. The van der Waals surface area contributed by atoms with Crippen molar-refractivity contribution in [3.63, 3.8) is 0 Å². The number of rotatable bonds is 43. The molecule has 0 radical (unpaired) electrons. The van der Waals surface area contributed by atoms with Gasteiger partial charge in [0, 0.05) is 19.3 Å². The van der Waals surface area contributed by atoms with E-state index in [1.165, 1.54) is 57.8 Å². The molecular weight excluding hydrogens is 733 g/mol. The minimum atomic E-state index is -0.792. The van der Waals surface area contributed by atoms with Gasteiger partial charge in [-0.2, -0.15) is 0 Å². The molecule has 0 saturated heterocycles. The van der Waals surface area contributed by atoms with Gasteiger partial charge >= 0.3 is 17.9 Å². The Balaban J connectivity index is 4.45. The van der Waals surface area contributed by atoms with Crippen molar-refractivity contribution >= 4 is 17.9 Å². The van der Waals surface area contributed by atoms with Gasteiger partial charge < -0.3 is 14.2 Å². The highest BCUT2D eigenvalue weighted by Crippen LogP contribution is 2.13. The molecule has 6 heteroatoms. The van der Waals surface area contributed by atoms with Crippen LogP contribution in [0.2, 0.25) is 0 Å². The van der Waals surface area contributed by atoms with E-state index in [4.69, 9.17) is 14.2 Å². The lowest BCUT2D eigenvalue weighted by molar-refractivity contribution is -0.167. The summed E-state index contributed by atoms with van der Waals surface area (Å²) in [5.41, 5.74) is 0. The Morgan fingerprint density at radius 1 is 0.356 bits per heavy atom. The molecule has 0 bridgehead atoms. The molecule has 0 aliphatic heterocycles. The third-order valence-corrected chi connectivity index (χ3v) is 10.2. The zero-order valence-electron chi connectivity index (χ0n) is 38.5. The van der Waals surface area contributed by atoms with Crippen molar-refractivity contribution < 1.29 is 28.6 Å². The molecule has 6 nitrogen and oxygen atoms in total. The van der Waals surface area contributed by atoms with Crippen LogP contribution in [0, 0.1) is 0 Å². The maximum Gasteiger partial charge on any atom is 0.306 e. The minimum Gasteiger partial charge on any atom is -0.462 e. The monoisotopic (exact) mass is 823 g/mol. The van der Waals surface area contributed by atoms with Crippen molar-refractivity contribution in [2.75, 3.05) is 13.2 Å². The number of esters is 3. The van der Waals surface area contributed by atoms with Crippen LogP contribution in [0.3, 0.4) is 0 Å². The summed E-state index contributed by atoms with van der Waals surface area (Å²) in [6.45, 7) is 6.42. The van der Waals surface area contributed by atoms with Crippen molar-refractivity contribution in [3.05, 3.63) is 72.9 Å². The number of unbranched alkanes of at least 4 members (excludes halogenated alkanes) is 20. The smallest absolute Gasteiger partial charge is 0.306 e. The molecule has 59 heavy (non-hydrogen) atoms. The van der Waals surface area contributed by atoms with Crippen LogP contribution in [0.25, 0.3) is 0 Å². The van der Waals surface area contributed by atoms with Crippen LogP contribution in [0.5, 0.6) is 0 Å². The molecule has 0 aromatic heterocycles. The summed E-state index contributed by atoms with van der Waals surface area (Å²) in [5, 5.41) is 0. The number of carbonyl (C=O) groups excluding carboxylic acids is 3. The molecule has 1 unspecified atom stereocenters. The molecule has 0 rings (SSSR count). The maximum atomic E-state index is 12.8. The molecule has 0 saturated carbocycles. The van der Waals surface area contributed by atoms with Gasteiger partial charge in [0.1, 0.15) is 13.2 Å². The predicted molar refractivity (Wildman–Crippen MR) is 251 cm³/mol. The largest absolute Gasteiger partial charge is 0.462 e. The number of hydrogen-bond donors (Lipinski definition) is 0. The van der Waals surface area contributed by atoms with E-state index in [0.717, 1.165) is 128 Å². The van der Waals surface area contributed by atoms with Gasteiger partial charge in [-0.3, -0.25) is 14.4 Å². The van der Waals surface area contributed by atoms with Gasteiger partial charge in [0.05, 0.1) is 0 Å². The second-order valence-electron chi connectivity index (χ2n) is 16.0. The quantitative estimate of drug-likeness (QED) is 0.0264. The first-order valence-electron chi connectivity index (χ1n) is 24.4. The molecule has 0 aromatic carbocycles. The van der Waals surface area contributed by atoms with Gasteiger partial charge in [0.25, 0.3) is 0 Å². The van der Waals surface area contributed by atoms with E-state index >= 15 is 0 Å². The van der Waals surface area contributed by atoms with Crippen LogP contribution in [0.1, 0.15) is 226 Å². The molecule has 0 amide bonds. The normalized spacial score (nSPS) is 12.7. The molecule has 0 aliphatic rings. The molecule has 0 heterocycles. The lowest BCUT2D eigenvalue weighted by atomic mass is 10.1. The molecule has 0 aromatic rings. The summed E-state index contributed by atoms with van der Waals surface area (Å²) < 4.78 is 16.7. The maximum absolute atomic E-state index is 12.8. The average molecular weight is 823 g/mol. The Labute approximate surface area is 363 Å². The fourth-order valence-electron chi connectivity index (χ4n) is 6.47. The first-order chi connectivity index (χ1) is 29.0.